The van der Waals surface area contributed by atoms with Crippen molar-refractivity contribution in [1.82, 2.24) is 15.1 Å². The van der Waals surface area contributed by atoms with E-state index < -0.39 is 0 Å². The van der Waals surface area contributed by atoms with Crippen LogP contribution < -0.4 is 14.8 Å². The number of ether oxygens (including phenoxy) is 2. The van der Waals surface area contributed by atoms with E-state index in [2.05, 4.69) is 10.2 Å². The Balaban J connectivity index is 1.95. The fraction of sp³-hybridized carbons (Fsp3) is 0.588. The average Bonchev–Trinajstić information content (AvgIpc) is 2.56. The third-order valence-corrected chi connectivity index (χ3v) is 4.06. The monoisotopic (exact) mass is 321 g/mol. The second-order valence-corrected chi connectivity index (χ2v) is 6.04. The van der Waals surface area contributed by atoms with Crippen molar-refractivity contribution in [3.05, 3.63) is 23.3 Å². The summed E-state index contributed by atoms with van der Waals surface area (Å²) in [6.07, 6.45) is 1.79. The van der Waals surface area contributed by atoms with Crippen LogP contribution in [0.25, 0.3) is 0 Å². The van der Waals surface area contributed by atoms with Gasteiger partial charge in [0.25, 0.3) is 0 Å². The SMILES string of the molecule is COc1cc2c(cc1OC)CN(C(=O)NCCCN(C)C)CC2. The Morgan fingerprint density at radius 2 is 1.87 bits per heavy atom. The molecule has 0 bridgehead atoms. The first kappa shape index (κ1) is 17.4. The van der Waals surface area contributed by atoms with Crippen molar-refractivity contribution in [3.8, 4) is 11.5 Å². The van der Waals surface area contributed by atoms with Crippen LogP contribution in [-0.2, 0) is 13.0 Å². The lowest BCUT2D eigenvalue weighted by Gasteiger charge is -2.29. The number of fused-ring (bicyclic) bond motifs is 1. The maximum absolute atomic E-state index is 12.3. The molecule has 6 heteroatoms. The summed E-state index contributed by atoms with van der Waals surface area (Å²) in [5, 5.41) is 2.99. The minimum Gasteiger partial charge on any atom is -0.493 e. The highest BCUT2D eigenvalue weighted by atomic mass is 16.5. The maximum Gasteiger partial charge on any atom is 0.317 e. The van der Waals surface area contributed by atoms with Crippen molar-refractivity contribution >= 4 is 6.03 Å². The van der Waals surface area contributed by atoms with Crippen molar-refractivity contribution in [1.29, 1.82) is 0 Å². The maximum atomic E-state index is 12.3. The van der Waals surface area contributed by atoms with Gasteiger partial charge in [-0.2, -0.15) is 0 Å². The zero-order valence-electron chi connectivity index (χ0n) is 14.5. The molecular formula is C17H27N3O3. The van der Waals surface area contributed by atoms with E-state index in [-0.39, 0.29) is 6.03 Å². The molecule has 1 heterocycles. The van der Waals surface area contributed by atoms with Gasteiger partial charge in [-0.1, -0.05) is 0 Å². The fourth-order valence-corrected chi connectivity index (χ4v) is 2.76. The highest BCUT2D eigenvalue weighted by Gasteiger charge is 2.22. The molecule has 1 aliphatic heterocycles. The van der Waals surface area contributed by atoms with Gasteiger partial charge < -0.3 is 24.6 Å². The Hall–Kier alpha value is -1.95. The summed E-state index contributed by atoms with van der Waals surface area (Å²) < 4.78 is 10.7. The summed E-state index contributed by atoms with van der Waals surface area (Å²) in [6, 6.07) is 3.99. The minimum absolute atomic E-state index is 0.00388. The first-order valence-corrected chi connectivity index (χ1v) is 7.96. The average molecular weight is 321 g/mol. The smallest absolute Gasteiger partial charge is 0.317 e. The lowest BCUT2D eigenvalue weighted by Crippen LogP contribution is -2.43. The number of nitrogens with zero attached hydrogens (tertiary/aromatic N) is 2. The van der Waals surface area contributed by atoms with Gasteiger partial charge in [-0.3, -0.25) is 0 Å². The van der Waals surface area contributed by atoms with Crippen LogP contribution in [0.5, 0.6) is 11.5 Å². The first-order chi connectivity index (χ1) is 11.0. The van der Waals surface area contributed by atoms with Crippen molar-refractivity contribution in [2.24, 2.45) is 0 Å². The van der Waals surface area contributed by atoms with Gasteiger partial charge >= 0.3 is 6.03 Å². The molecule has 0 aromatic heterocycles. The molecule has 1 N–H and O–H groups in total. The molecule has 0 aliphatic carbocycles. The zero-order valence-corrected chi connectivity index (χ0v) is 14.5. The predicted octanol–water partition coefficient (Wildman–Crippen LogP) is 1.72. The van der Waals surface area contributed by atoms with Crippen LogP contribution >= 0.6 is 0 Å². The second kappa shape index (κ2) is 8.06. The van der Waals surface area contributed by atoms with Crippen LogP contribution in [0, 0.1) is 0 Å². The summed E-state index contributed by atoms with van der Waals surface area (Å²) in [7, 11) is 7.33. The number of hydrogen-bond acceptors (Lipinski definition) is 4. The number of rotatable bonds is 6. The number of carbonyl (C=O) groups is 1. The molecule has 0 spiro atoms. The molecule has 1 aliphatic rings. The summed E-state index contributed by atoms with van der Waals surface area (Å²) >= 11 is 0. The second-order valence-electron chi connectivity index (χ2n) is 6.04. The quantitative estimate of drug-likeness (QED) is 0.811. The Morgan fingerprint density at radius 3 is 2.48 bits per heavy atom. The van der Waals surface area contributed by atoms with E-state index in [9.17, 15) is 4.79 Å². The van der Waals surface area contributed by atoms with E-state index >= 15 is 0 Å². The number of hydrogen-bond donors (Lipinski definition) is 1. The number of methoxy groups -OCH3 is 2. The van der Waals surface area contributed by atoms with Gasteiger partial charge in [-0.25, -0.2) is 4.79 Å². The third-order valence-electron chi connectivity index (χ3n) is 4.06. The molecule has 0 fully saturated rings. The Morgan fingerprint density at radius 1 is 1.22 bits per heavy atom. The first-order valence-electron chi connectivity index (χ1n) is 7.96. The van der Waals surface area contributed by atoms with Crippen LogP contribution in [0.2, 0.25) is 0 Å². The molecule has 2 amide bonds. The summed E-state index contributed by atoms with van der Waals surface area (Å²) in [5.74, 6) is 1.45. The summed E-state index contributed by atoms with van der Waals surface area (Å²) in [5.41, 5.74) is 2.34. The van der Waals surface area contributed by atoms with E-state index in [0.29, 0.717) is 18.8 Å². The van der Waals surface area contributed by atoms with Gasteiger partial charge in [0.2, 0.25) is 0 Å². The fourth-order valence-electron chi connectivity index (χ4n) is 2.76. The molecule has 2 rings (SSSR count). The van der Waals surface area contributed by atoms with E-state index in [4.69, 9.17) is 9.47 Å². The standard InChI is InChI=1S/C17H27N3O3/c1-19(2)8-5-7-18-17(21)20-9-6-13-10-15(22-3)16(23-4)11-14(13)12-20/h10-11H,5-9,12H2,1-4H3,(H,18,21). The number of amides is 2. The molecule has 0 radical (unpaired) electrons. The number of benzene rings is 1. The van der Waals surface area contributed by atoms with Gasteiger partial charge in [0.1, 0.15) is 0 Å². The molecule has 23 heavy (non-hydrogen) atoms. The molecule has 0 atom stereocenters. The van der Waals surface area contributed by atoms with Crippen LogP contribution in [0.1, 0.15) is 17.5 Å². The van der Waals surface area contributed by atoms with Gasteiger partial charge in [0, 0.05) is 19.6 Å². The zero-order chi connectivity index (χ0) is 16.8. The Bertz CT molecular complexity index is 546. The number of urea groups is 1. The summed E-state index contributed by atoms with van der Waals surface area (Å²) in [4.78, 5) is 16.2. The van der Waals surface area contributed by atoms with Gasteiger partial charge in [-0.05, 0) is 56.7 Å². The van der Waals surface area contributed by atoms with Gasteiger partial charge in [0.05, 0.1) is 14.2 Å². The summed E-state index contributed by atoms with van der Waals surface area (Å²) in [6.45, 7) is 3.00. The molecule has 6 nitrogen and oxygen atoms in total. The molecule has 1 aromatic carbocycles. The molecule has 0 saturated heterocycles. The topological polar surface area (TPSA) is 54.0 Å². The molecule has 0 unspecified atom stereocenters. The minimum atomic E-state index is 0.00388. The lowest BCUT2D eigenvalue weighted by molar-refractivity contribution is 0.191. The van der Waals surface area contributed by atoms with E-state index in [1.54, 1.807) is 14.2 Å². The molecule has 0 saturated carbocycles. The van der Waals surface area contributed by atoms with Crippen molar-refractivity contribution in [3.63, 3.8) is 0 Å². The molecule has 128 valence electrons. The van der Waals surface area contributed by atoms with Gasteiger partial charge in [-0.15, -0.1) is 0 Å². The van der Waals surface area contributed by atoms with Crippen LogP contribution in [0.3, 0.4) is 0 Å². The van der Waals surface area contributed by atoms with Crippen LogP contribution in [0.4, 0.5) is 4.79 Å². The molecule has 1 aromatic rings. The number of nitrogens with one attached hydrogen (secondary N) is 1. The van der Waals surface area contributed by atoms with Crippen LogP contribution in [-0.4, -0.2) is 63.8 Å². The van der Waals surface area contributed by atoms with Crippen LogP contribution in [0.15, 0.2) is 12.1 Å². The molecular weight excluding hydrogens is 294 g/mol. The van der Waals surface area contributed by atoms with E-state index in [1.165, 1.54) is 5.56 Å². The van der Waals surface area contributed by atoms with E-state index in [1.807, 2.05) is 31.1 Å². The Labute approximate surface area is 138 Å². The van der Waals surface area contributed by atoms with Gasteiger partial charge in [0.15, 0.2) is 11.5 Å². The van der Waals surface area contributed by atoms with Crippen molar-refractivity contribution in [2.75, 3.05) is 47.9 Å². The number of carbonyl (C=O) groups excluding carboxylic acids is 1. The Kier molecular flexibility index (Phi) is 6.10. The normalized spacial score (nSPS) is 13.7. The van der Waals surface area contributed by atoms with E-state index in [0.717, 1.165) is 37.2 Å². The highest BCUT2D eigenvalue weighted by molar-refractivity contribution is 5.74. The lowest BCUT2D eigenvalue weighted by atomic mass is 9.99. The van der Waals surface area contributed by atoms with Crippen molar-refractivity contribution < 1.29 is 14.3 Å². The third kappa shape index (κ3) is 4.51. The van der Waals surface area contributed by atoms with Crippen molar-refractivity contribution in [2.45, 2.75) is 19.4 Å². The largest absolute Gasteiger partial charge is 0.493 e. The highest BCUT2D eigenvalue weighted by Crippen LogP contribution is 2.33. The predicted molar refractivity (Wildman–Crippen MR) is 90.2 cm³/mol.